The molecule has 2 aromatic rings. The highest BCUT2D eigenvalue weighted by atomic mass is 15.3. The summed E-state index contributed by atoms with van der Waals surface area (Å²) in [6, 6.07) is 4.16. The molecule has 2 aromatic heterocycles. The molecule has 2 rings (SSSR count). The van der Waals surface area contributed by atoms with Gasteiger partial charge in [0, 0.05) is 19.2 Å². The Hall–Kier alpha value is -1.79. The van der Waals surface area contributed by atoms with E-state index in [0.29, 0.717) is 0 Å². The van der Waals surface area contributed by atoms with Crippen LogP contribution in [0.25, 0.3) is 0 Å². The molecule has 0 aromatic carbocycles. The van der Waals surface area contributed by atoms with E-state index < -0.39 is 0 Å². The number of hydrazine groups is 1. The summed E-state index contributed by atoms with van der Waals surface area (Å²) in [7, 11) is 1.96. The van der Waals surface area contributed by atoms with Crippen molar-refractivity contribution in [3.8, 4) is 0 Å². The average molecular weight is 274 g/mol. The van der Waals surface area contributed by atoms with Gasteiger partial charge in [-0.1, -0.05) is 6.92 Å². The van der Waals surface area contributed by atoms with Crippen LogP contribution in [-0.4, -0.2) is 20.0 Å². The van der Waals surface area contributed by atoms with Crippen LogP contribution in [0.3, 0.4) is 0 Å². The summed E-state index contributed by atoms with van der Waals surface area (Å²) in [6.45, 7) is 5.99. The second-order valence-electron chi connectivity index (χ2n) is 5.05. The molecule has 1 unspecified atom stereocenters. The standard InChI is InChI=1S/C14H22N6/c1-5-11-7-12(20(4)19-11)8-14(16-15)13-6-9(2)17-18-10(13)3/h6-7,14,16H,5,8,15H2,1-4H3. The molecule has 0 aliphatic rings. The molecule has 0 saturated carbocycles. The van der Waals surface area contributed by atoms with Gasteiger partial charge < -0.3 is 0 Å². The summed E-state index contributed by atoms with van der Waals surface area (Å²) >= 11 is 0. The van der Waals surface area contributed by atoms with E-state index in [1.807, 2.05) is 31.6 Å². The maximum Gasteiger partial charge on any atom is 0.0648 e. The third-order valence-corrected chi connectivity index (χ3v) is 3.52. The molecule has 0 aliphatic carbocycles. The summed E-state index contributed by atoms with van der Waals surface area (Å²) in [5, 5.41) is 12.7. The summed E-state index contributed by atoms with van der Waals surface area (Å²) in [5.74, 6) is 5.73. The molecular weight excluding hydrogens is 252 g/mol. The Bertz CT molecular complexity index is 589. The minimum Gasteiger partial charge on any atom is -0.272 e. The monoisotopic (exact) mass is 274 g/mol. The van der Waals surface area contributed by atoms with Gasteiger partial charge >= 0.3 is 0 Å². The molecule has 108 valence electrons. The minimum atomic E-state index is 0.00399. The number of nitrogens with zero attached hydrogens (tertiary/aromatic N) is 4. The number of aryl methyl sites for hydroxylation is 4. The SMILES string of the molecule is CCc1cc(CC(NN)c2cc(C)nnc2C)n(C)n1. The van der Waals surface area contributed by atoms with E-state index in [1.54, 1.807) is 0 Å². The minimum absolute atomic E-state index is 0.00399. The van der Waals surface area contributed by atoms with Crippen molar-refractivity contribution in [3.63, 3.8) is 0 Å². The van der Waals surface area contributed by atoms with Crippen LogP contribution in [0.1, 0.15) is 41.3 Å². The van der Waals surface area contributed by atoms with Gasteiger partial charge in [0.15, 0.2) is 0 Å². The van der Waals surface area contributed by atoms with Gasteiger partial charge in [-0.15, -0.1) is 0 Å². The van der Waals surface area contributed by atoms with Crippen molar-refractivity contribution in [2.75, 3.05) is 0 Å². The van der Waals surface area contributed by atoms with E-state index in [1.165, 1.54) is 0 Å². The predicted octanol–water partition coefficient (Wildman–Crippen LogP) is 1.14. The molecule has 0 spiro atoms. The third-order valence-electron chi connectivity index (χ3n) is 3.52. The summed E-state index contributed by atoms with van der Waals surface area (Å²) in [5.41, 5.74) is 8.00. The van der Waals surface area contributed by atoms with E-state index in [0.717, 1.165) is 41.2 Å². The van der Waals surface area contributed by atoms with E-state index >= 15 is 0 Å². The summed E-state index contributed by atoms with van der Waals surface area (Å²) in [4.78, 5) is 0. The number of rotatable bonds is 5. The van der Waals surface area contributed by atoms with Crippen LogP contribution < -0.4 is 11.3 Å². The number of nitrogens with two attached hydrogens (primary N) is 1. The van der Waals surface area contributed by atoms with Gasteiger partial charge in [0.1, 0.15) is 0 Å². The Balaban J connectivity index is 2.28. The van der Waals surface area contributed by atoms with Crippen molar-refractivity contribution >= 4 is 0 Å². The highest BCUT2D eigenvalue weighted by molar-refractivity contribution is 5.25. The van der Waals surface area contributed by atoms with Gasteiger partial charge in [-0.25, -0.2) is 0 Å². The highest BCUT2D eigenvalue weighted by Gasteiger charge is 2.17. The lowest BCUT2D eigenvalue weighted by molar-refractivity contribution is 0.523. The molecule has 20 heavy (non-hydrogen) atoms. The topological polar surface area (TPSA) is 81.6 Å². The van der Waals surface area contributed by atoms with Crippen LogP contribution in [-0.2, 0) is 19.9 Å². The Morgan fingerprint density at radius 1 is 1.30 bits per heavy atom. The largest absolute Gasteiger partial charge is 0.272 e. The number of nitrogens with one attached hydrogen (secondary N) is 1. The Morgan fingerprint density at radius 2 is 2.05 bits per heavy atom. The maximum atomic E-state index is 5.73. The zero-order valence-electron chi connectivity index (χ0n) is 12.5. The van der Waals surface area contributed by atoms with Crippen molar-refractivity contribution in [1.82, 2.24) is 25.4 Å². The normalized spacial score (nSPS) is 12.7. The van der Waals surface area contributed by atoms with Gasteiger partial charge in [-0.05, 0) is 38.0 Å². The van der Waals surface area contributed by atoms with Crippen LogP contribution >= 0.6 is 0 Å². The van der Waals surface area contributed by atoms with Gasteiger partial charge in [0.2, 0.25) is 0 Å². The molecule has 0 fully saturated rings. The first-order chi connectivity index (χ1) is 9.55. The summed E-state index contributed by atoms with van der Waals surface area (Å²) < 4.78 is 1.92. The highest BCUT2D eigenvalue weighted by Crippen LogP contribution is 2.20. The second-order valence-corrected chi connectivity index (χ2v) is 5.05. The van der Waals surface area contributed by atoms with E-state index in [9.17, 15) is 0 Å². The van der Waals surface area contributed by atoms with Gasteiger partial charge in [-0.3, -0.25) is 16.0 Å². The molecule has 0 bridgehead atoms. The van der Waals surface area contributed by atoms with Crippen molar-refractivity contribution < 1.29 is 0 Å². The van der Waals surface area contributed by atoms with Crippen LogP contribution in [0.15, 0.2) is 12.1 Å². The van der Waals surface area contributed by atoms with Gasteiger partial charge in [-0.2, -0.15) is 15.3 Å². The van der Waals surface area contributed by atoms with E-state index in [4.69, 9.17) is 5.84 Å². The van der Waals surface area contributed by atoms with Crippen molar-refractivity contribution in [1.29, 1.82) is 0 Å². The van der Waals surface area contributed by atoms with Crippen molar-refractivity contribution in [2.45, 2.75) is 39.7 Å². The quantitative estimate of drug-likeness (QED) is 0.631. The number of hydrogen-bond acceptors (Lipinski definition) is 5. The molecule has 2 heterocycles. The number of aromatic nitrogens is 4. The lowest BCUT2D eigenvalue weighted by Gasteiger charge is -2.18. The predicted molar refractivity (Wildman–Crippen MR) is 77.9 cm³/mol. The molecule has 0 radical (unpaired) electrons. The third kappa shape index (κ3) is 3.02. The average Bonchev–Trinajstić information content (AvgIpc) is 2.79. The maximum absolute atomic E-state index is 5.73. The Labute approximate surface area is 119 Å². The smallest absolute Gasteiger partial charge is 0.0648 e. The van der Waals surface area contributed by atoms with Gasteiger partial charge in [0.25, 0.3) is 0 Å². The van der Waals surface area contributed by atoms with Crippen molar-refractivity contribution in [2.24, 2.45) is 12.9 Å². The fourth-order valence-corrected chi connectivity index (χ4v) is 2.33. The first kappa shape index (κ1) is 14.6. The zero-order valence-corrected chi connectivity index (χ0v) is 12.5. The van der Waals surface area contributed by atoms with Gasteiger partial charge in [0.05, 0.1) is 23.1 Å². The molecule has 6 heteroatoms. The molecule has 1 atom stereocenters. The Kier molecular flexibility index (Phi) is 4.46. The fraction of sp³-hybridized carbons (Fsp3) is 0.500. The molecule has 0 amide bonds. The van der Waals surface area contributed by atoms with Crippen molar-refractivity contribution in [3.05, 3.63) is 40.5 Å². The zero-order chi connectivity index (χ0) is 14.7. The lowest BCUT2D eigenvalue weighted by atomic mass is 10.0. The summed E-state index contributed by atoms with van der Waals surface area (Å²) in [6.07, 6.45) is 1.70. The second kappa shape index (κ2) is 6.11. The fourth-order valence-electron chi connectivity index (χ4n) is 2.33. The molecule has 6 nitrogen and oxygen atoms in total. The van der Waals surface area contributed by atoms with E-state index in [-0.39, 0.29) is 6.04 Å². The molecule has 0 aliphatic heterocycles. The lowest BCUT2D eigenvalue weighted by Crippen LogP contribution is -2.31. The van der Waals surface area contributed by atoms with Crippen LogP contribution in [0.4, 0.5) is 0 Å². The number of hydrogen-bond donors (Lipinski definition) is 2. The Morgan fingerprint density at radius 3 is 2.65 bits per heavy atom. The molecule has 0 saturated heterocycles. The first-order valence-electron chi connectivity index (χ1n) is 6.83. The van der Waals surface area contributed by atoms with E-state index in [2.05, 4.69) is 33.7 Å². The molecular formula is C14H22N6. The first-order valence-corrected chi connectivity index (χ1v) is 6.83. The van der Waals surface area contributed by atoms with Crippen LogP contribution in [0.2, 0.25) is 0 Å². The van der Waals surface area contributed by atoms with Crippen LogP contribution in [0.5, 0.6) is 0 Å². The molecule has 3 N–H and O–H groups in total. The van der Waals surface area contributed by atoms with Crippen LogP contribution in [0, 0.1) is 13.8 Å².